The van der Waals surface area contributed by atoms with Crippen LogP contribution in [0.3, 0.4) is 0 Å². The summed E-state index contributed by atoms with van der Waals surface area (Å²) in [6.07, 6.45) is 9.30. The average Bonchev–Trinajstić information content (AvgIpc) is 2.49. The largest absolute Gasteiger partial charge is 0.399 e. The molecule has 0 unspecified atom stereocenters. The summed E-state index contributed by atoms with van der Waals surface area (Å²) in [5, 5.41) is 0. The van der Waals surface area contributed by atoms with E-state index < -0.39 is 0 Å². The zero-order valence-corrected chi connectivity index (χ0v) is 13.6. The zero-order chi connectivity index (χ0) is 15.5. The second-order valence-corrected chi connectivity index (χ2v) is 5.60. The van der Waals surface area contributed by atoms with Crippen LogP contribution in [0.4, 0.5) is 11.4 Å². The van der Waals surface area contributed by atoms with E-state index in [1.807, 2.05) is 36.1 Å². The van der Waals surface area contributed by atoms with Crippen molar-refractivity contribution < 1.29 is 4.79 Å². The molecule has 0 aromatic heterocycles. The Labute approximate surface area is 129 Å². The van der Waals surface area contributed by atoms with E-state index in [0.717, 1.165) is 24.2 Å². The average molecular weight is 290 g/mol. The van der Waals surface area contributed by atoms with Crippen molar-refractivity contribution in [3.8, 4) is 0 Å². The summed E-state index contributed by atoms with van der Waals surface area (Å²) in [5.41, 5.74) is 7.36. The van der Waals surface area contributed by atoms with Crippen LogP contribution < -0.4 is 10.6 Å². The molecule has 1 amide bonds. The molecule has 118 valence electrons. The first kappa shape index (κ1) is 17.5. The second-order valence-electron chi connectivity index (χ2n) is 5.60. The Kier molecular flexibility index (Phi) is 8.56. The molecule has 1 rings (SSSR count). The number of nitrogens with two attached hydrogens (primary N) is 1. The van der Waals surface area contributed by atoms with E-state index in [9.17, 15) is 4.79 Å². The number of hydrogen-bond acceptors (Lipinski definition) is 2. The van der Waals surface area contributed by atoms with Crippen LogP contribution in [0.2, 0.25) is 0 Å². The highest BCUT2D eigenvalue weighted by Crippen LogP contribution is 2.18. The Morgan fingerprint density at radius 3 is 2.10 bits per heavy atom. The second kappa shape index (κ2) is 10.3. The first-order valence-electron chi connectivity index (χ1n) is 8.35. The SMILES string of the molecule is CCCCCCCCCC(=O)N(CC)c1ccc(N)cc1. The van der Waals surface area contributed by atoms with Gasteiger partial charge in [0, 0.05) is 24.3 Å². The van der Waals surface area contributed by atoms with E-state index in [1.165, 1.54) is 32.1 Å². The third-order valence-corrected chi connectivity index (χ3v) is 3.82. The van der Waals surface area contributed by atoms with Crippen LogP contribution in [0.15, 0.2) is 24.3 Å². The summed E-state index contributed by atoms with van der Waals surface area (Å²) in [4.78, 5) is 14.1. The molecule has 0 fully saturated rings. The highest BCUT2D eigenvalue weighted by Gasteiger charge is 2.12. The molecule has 0 heterocycles. The number of benzene rings is 1. The highest BCUT2D eigenvalue weighted by atomic mass is 16.2. The molecule has 0 radical (unpaired) electrons. The first-order valence-corrected chi connectivity index (χ1v) is 8.35. The van der Waals surface area contributed by atoms with E-state index in [0.29, 0.717) is 13.0 Å². The van der Waals surface area contributed by atoms with Crippen LogP contribution in [-0.4, -0.2) is 12.5 Å². The molecule has 0 spiro atoms. The van der Waals surface area contributed by atoms with Gasteiger partial charge in [0.2, 0.25) is 5.91 Å². The summed E-state index contributed by atoms with van der Waals surface area (Å²) in [6, 6.07) is 7.53. The minimum absolute atomic E-state index is 0.218. The van der Waals surface area contributed by atoms with Crippen molar-refractivity contribution in [2.45, 2.75) is 65.2 Å². The Bertz CT molecular complexity index is 400. The number of anilines is 2. The van der Waals surface area contributed by atoms with Crippen molar-refractivity contribution in [3.63, 3.8) is 0 Å². The van der Waals surface area contributed by atoms with Crippen molar-refractivity contribution in [1.82, 2.24) is 0 Å². The van der Waals surface area contributed by atoms with Crippen LogP contribution in [0.5, 0.6) is 0 Å². The topological polar surface area (TPSA) is 46.3 Å². The number of nitrogen functional groups attached to an aromatic ring is 1. The molecule has 2 N–H and O–H groups in total. The number of carbonyl (C=O) groups excluding carboxylic acids is 1. The van der Waals surface area contributed by atoms with Gasteiger partial charge in [-0.3, -0.25) is 4.79 Å². The fraction of sp³-hybridized carbons (Fsp3) is 0.611. The summed E-state index contributed by atoms with van der Waals surface area (Å²) < 4.78 is 0. The van der Waals surface area contributed by atoms with Gasteiger partial charge in [0.05, 0.1) is 0 Å². The summed E-state index contributed by atoms with van der Waals surface area (Å²) in [7, 11) is 0. The van der Waals surface area contributed by atoms with Gasteiger partial charge in [0.25, 0.3) is 0 Å². The van der Waals surface area contributed by atoms with E-state index in [4.69, 9.17) is 5.73 Å². The van der Waals surface area contributed by atoms with E-state index >= 15 is 0 Å². The Hall–Kier alpha value is -1.51. The van der Waals surface area contributed by atoms with E-state index in [-0.39, 0.29) is 5.91 Å². The highest BCUT2D eigenvalue weighted by molar-refractivity contribution is 5.93. The van der Waals surface area contributed by atoms with Gasteiger partial charge in [-0.25, -0.2) is 0 Å². The Morgan fingerprint density at radius 2 is 1.52 bits per heavy atom. The van der Waals surface area contributed by atoms with Gasteiger partial charge in [-0.2, -0.15) is 0 Å². The molecule has 3 heteroatoms. The van der Waals surface area contributed by atoms with Gasteiger partial charge in [-0.05, 0) is 37.6 Å². The predicted octanol–water partition coefficient (Wildman–Crippen LogP) is 4.76. The van der Waals surface area contributed by atoms with E-state index in [1.54, 1.807) is 0 Å². The minimum atomic E-state index is 0.218. The minimum Gasteiger partial charge on any atom is -0.399 e. The molecule has 0 bridgehead atoms. The predicted molar refractivity (Wildman–Crippen MR) is 91.5 cm³/mol. The lowest BCUT2D eigenvalue weighted by Gasteiger charge is -2.21. The maximum Gasteiger partial charge on any atom is 0.226 e. The molecule has 1 aromatic rings. The number of rotatable bonds is 10. The van der Waals surface area contributed by atoms with Crippen molar-refractivity contribution >= 4 is 17.3 Å². The maximum absolute atomic E-state index is 12.3. The monoisotopic (exact) mass is 290 g/mol. The standard InChI is InChI=1S/C18H30N2O/c1-3-5-6-7-8-9-10-11-18(21)20(4-2)17-14-12-16(19)13-15-17/h12-15H,3-11,19H2,1-2H3. The van der Waals surface area contributed by atoms with Gasteiger partial charge in [0.1, 0.15) is 0 Å². The quantitative estimate of drug-likeness (QED) is 0.498. The smallest absolute Gasteiger partial charge is 0.226 e. The van der Waals surface area contributed by atoms with Crippen LogP contribution in [0, 0.1) is 0 Å². The number of unbranched alkanes of at least 4 members (excludes halogenated alkanes) is 6. The zero-order valence-electron chi connectivity index (χ0n) is 13.6. The molecule has 1 aromatic carbocycles. The van der Waals surface area contributed by atoms with Crippen LogP contribution in [-0.2, 0) is 4.79 Å². The van der Waals surface area contributed by atoms with Gasteiger partial charge in [0.15, 0.2) is 0 Å². The summed E-state index contributed by atoms with van der Waals surface area (Å²) >= 11 is 0. The molecular weight excluding hydrogens is 260 g/mol. The van der Waals surface area contributed by atoms with Gasteiger partial charge in [-0.15, -0.1) is 0 Å². The molecule has 0 aliphatic carbocycles. The number of carbonyl (C=O) groups is 1. The number of hydrogen-bond donors (Lipinski definition) is 1. The molecule has 3 nitrogen and oxygen atoms in total. The summed E-state index contributed by atoms with van der Waals surface area (Å²) in [6.45, 7) is 4.95. The van der Waals surface area contributed by atoms with Crippen molar-refractivity contribution in [1.29, 1.82) is 0 Å². The third-order valence-electron chi connectivity index (χ3n) is 3.82. The molecule has 21 heavy (non-hydrogen) atoms. The van der Waals surface area contributed by atoms with Crippen molar-refractivity contribution in [2.24, 2.45) is 0 Å². The Morgan fingerprint density at radius 1 is 0.952 bits per heavy atom. The van der Waals surface area contributed by atoms with Gasteiger partial charge in [-0.1, -0.05) is 45.4 Å². The molecule has 0 saturated heterocycles. The number of nitrogens with zero attached hydrogens (tertiary/aromatic N) is 1. The maximum atomic E-state index is 12.3. The Balaban J connectivity index is 2.30. The van der Waals surface area contributed by atoms with Crippen molar-refractivity contribution in [2.75, 3.05) is 17.2 Å². The fourth-order valence-electron chi connectivity index (χ4n) is 2.53. The fourth-order valence-corrected chi connectivity index (χ4v) is 2.53. The van der Waals surface area contributed by atoms with Gasteiger partial charge < -0.3 is 10.6 Å². The van der Waals surface area contributed by atoms with Crippen LogP contribution in [0.1, 0.15) is 65.2 Å². The lowest BCUT2D eigenvalue weighted by molar-refractivity contribution is -0.118. The normalized spacial score (nSPS) is 10.6. The van der Waals surface area contributed by atoms with Crippen LogP contribution >= 0.6 is 0 Å². The summed E-state index contributed by atoms with van der Waals surface area (Å²) in [5.74, 6) is 0.218. The molecule has 0 atom stereocenters. The van der Waals surface area contributed by atoms with E-state index in [2.05, 4.69) is 6.92 Å². The van der Waals surface area contributed by atoms with Crippen LogP contribution in [0.25, 0.3) is 0 Å². The lowest BCUT2D eigenvalue weighted by Crippen LogP contribution is -2.30. The van der Waals surface area contributed by atoms with Gasteiger partial charge >= 0.3 is 0 Å². The lowest BCUT2D eigenvalue weighted by atomic mass is 10.1. The molecular formula is C18H30N2O. The molecule has 0 saturated carbocycles. The molecule has 0 aliphatic heterocycles. The first-order chi connectivity index (χ1) is 10.2. The third kappa shape index (κ3) is 6.65. The number of amides is 1. The molecule has 0 aliphatic rings. The van der Waals surface area contributed by atoms with Crippen molar-refractivity contribution in [3.05, 3.63) is 24.3 Å².